The normalized spacial score (nSPS) is 18.6. The average molecular weight is 533 g/mol. The number of ether oxygens (including phenoxy) is 1. The van der Waals surface area contributed by atoms with Gasteiger partial charge in [-0.25, -0.2) is 9.37 Å². The summed E-state index contributed by atoms with van der Waals surface area (Å²) in [5.41, 5.74) is 8.70. The zero-order valence-corrected chi connectivity index (χ0v) is 21.8. The second-order valence-corrected chi connectivity index (χ2v) is 10.7. The molecular weight excluding hydrogens is 502 g/mol. The van der Waals surface area contributed by atoms with Crippen molar-refractivity contribution in [2.24, 2.45) is 5.41 Å². The van der Waals surface area contributed by atoms with E-state index in [0.717, 1.165) is 43.9 Å². The first-order valence-electron chi connectivity index (χ1n) is 12.3. The van der Waals surface area contributed by atoms with Crippen LogP contribution in [0.25, 0.3) is 11.1 Å². The summed E-state index contributed by atoms with van der Waals surface area (Å²) in [6.07, 6.45) is 8.74. The zero-order chi connectivity index (χ0) is 25.3. The predicted molar refractivity (Wildman–Crippen MR) is 141 cm³/mol. The summed E-state index contributed by atoms with van der Waals surface area (Å²) < 4.78 is 22.0. The van der Waals surface area contributed by atoms with E-state index in [1.165, 1.54) is 37.9 Å². The van der Waals surface area contributed by atoms with Gasteiger partial charge >= 0.3 is 0 Å². The van der Waals surface area contributed by atoms with Crippen LogP contribution in [0.5, 0.6) is 5.75 Å². The number of piperidine rings is 1. The standard InChI is InChI=1S/C26H31Cl2FN6O/c1-17(23-20(27)2-3-21(29)24(23)28)36-22-12-18(13-32-25(22)30)19-14-33-35(15-19)11-10-34-8-5-26(6-9-34)4-7-31-16-26/h2-3,12-15,17,31H,4-11,16H2,1H3,(H2,30,32)/t17-/m1/s1. The molecule has 0 aliphatic carbocycles. The monoisotopic (exact) mass is 532 g/mol. The summed E-state index contributed by atoms with van der Waals surface area (Å²) in [5.74, 6) is 0.0353. The highest BCUT2D eigenvalue weighted by molar-refractivity contribution is 6.36. The van der Waals surface area contributed by atoms with E-state index in [9.17, 15) is 4.39 Å². The van der Waals surface area contributed by atoms with Gasteiger partial charge in [-0.3, -0.25) is 4.68 Å². The lowest BCUT2D eigenvalue weighted by molar-refractivity contribution is 0.115. The molecule has 10 heteroatoms. The molecule has 1 spiro atoms. The molecule has 0 amide bonds. The second kappa shape index (κ2) is 10.5. The number of anilines is 1. The third kappa shape index (κ3) is 5.32. The summed E-state index contributed by atoms with van der Waals surface area (Å²) in [6, 6.07) is 4.49. The van der Waals surface area contributed by atoms with Gasteiger partial charge in [0.25, 0.3) is 0 Å². The van der Waals surface area contributed by atoms with Gasteiger partial charge in [-0.15, -0.1) is 0 Å². The molecule has 2 fully saturated rings. The number of nitrogen functional groups attached to an aromatic ring is 1. The van der Waals surface area contributed by atoms with E-state index < -0.39 is 11.9 Å². The van der Waals surface area contributed by atoms with E-state index >= 15 is 0 Å². The predicted octanol–water partition coefficient (Wildman–Crippen LogP) is 5.19. The van der Waals surface area contributed by atoms with Gasteiger partial charge in [0.2, 0.25) is 0 Å². The average Bonchev–Trinajstić information content (AvgIpc) is 3.53. The van der Waals surface area contributed by atoms with Crippen LogP contribution >= 0.6 is 23.2 Å². The highest BCUT2D eigenvalue weighted by Gasteiger charge is 2.36. The van der Waals surface area contributed by atoms with Crippen LogP contribution in [-0.2, 0) is 6.54 Å². The van der Waals surface area contributed by atoms with Crippen LogP contribution in [0.2, 0.25) is 10.0 Å². The van der Waals surface area contributed by atoms with Crippen molar-refractivity contribution >= 4 is 29.0 Å². The molecule has 36 heavy (non-hydrogen) atoms. The number of pyridine rings is 1. The third-order valence-electron chi connectivity index (χ3n) is 7.53. The number of rotatable bonds is 7. The number of nitrogens with one attached hydrogen (secondary N) is 1. The molecule has 3 aromatic rings. The molecule has 2 aliphatic heterocycles. The van der Waals surface area contributed by atoms with E-state index in [0.29, 0.717) is 21.8 Å². The Kier molecular flexibility index (Phi) is 7.40. The van der Waals surface area contributed by atoms with Gasteiger partial charge in [0, 0.05) is 47.2 Å². The number of halogens is 3. The molecule has 3 N–H and O–H groups in total. The molecule has 2 saturated heterocycles. The Morgan fingerprint density at radius 3 is 2.72 bits per heavy atom. The van der Waals surface area contributed by atoms with Gasteiger partial charge in [-0.2, -0.15) is 5.10 Å². The maximum atomic E-state index is 14.0. The Labute approximate surface area is 220 Å². The van der Waals surface area contributed by atoms with E-state index in [4.69, 9.17) is 33.7 Å². The summed E-state index contributed by atoms with van der Waals surface area (Å²) in [5, 5.41) is 8.32. The first-order chi connectivity index (χ1) is 17.3. The van der Waals surface area contributed by atoms with Crippen LogP contribution in [0.1, 0.15) is 37.9 Å². The van der Waals surface area contributed by atoms with E-state index in [1.54, 1.807) is 19.2 Å². The summed E-state index contributed by atoms with van der Waals surface area (Å²) in [7, 11) is 0. The van der Waals surface area contributed by atoms with Crippen molar-refractivity contribution in [1.82, 2.24) is 25.0 Å². The van der Waals surface area contributed by atoms with Crippen LogP contribution in [-0.4, -0.2) is 52.4 Å². The van der Waals surface area contributed by atoms with Crippen molar-refractivity contribution in [3.05, 3.63) is 58.2 Å². The molecular formula is C26H31Cl2FN6O. The van der Waals surface area contributed by atoms with Gasteiger partial charge in [-0.05, 0) is 69.4 Å². The van der Waals surface area contributed by atoms with Crippen molar-refractivity contribution < 1.29 is 9.13 Å². The highest BCUT2D eigenvalue weighted by Crippen LogP contribution is 2.38. The molecule has 0 saturated carbocycles. The van der Waals surface area contributed by atoms with Crippen molar-refractivity contribution in [3.8, 4) is 16.9 Å². The minimum absolute atomic E-state index is 0.0669. The Hall–Kier alpha value is -2.39. The number of nitrogens with zero attached hydrogens (tertiary/aromatic N) is 4. The third-order valence-corrected chi connectivity index (χ3v) is 8.25. The number of hydrogen-bond donors (Lipinski definition) is 2. The fourth-order valence-corrected chi connectivity index (χ4v) is 5.90. The van der Waals surface area contributed by atoms with Gasteiger partial charge in [-0.1, -0.05) is 23.2 Å². The molecule has 1 aromatic carbocycles. The van der Waals surface area contributed by atoms with Crippen molar-refractivity contribution in [1.29, 1.82) is 0 Å². The molecule has 2 aliphatic rings. The van der Waals surface area contributed by atoms with E-state index in [2.05, 4.69) is 20.3 Å². The van der Waals surface area contributed by atoms with Crippen LogP contribution in [0.4, 0.5) is 10.2 Å². The molecule has 1 atom stereocenters. The number of hydrogen-bond acceptors (Lipinski definition) is 6. The SMILES string of the molecule is C[C@@H](Oc1cc(-c2cnn(CCN3CCC4(CCNC4)CC3)c2)cnc1N)c1c(Cl)ccc(F)c1Cl. The lowest BCUT2D eigenvalue weighted by atomic mass is 9.78. The van der Waals surface area contributed by atoms with Gasteiger partial charge in [0.15, 0.2) is 11.6 Å². The van der Waals surface area contributed by atoms with Gasteiger partial charge in [0.05, 0.1) is 17.8 Å². The van der Waals surface area contributed by atoms with E-state index in [1.807, 2.05) is 17.1 Å². The fraction of sp³-hybridized carbons (Fsp3) is 0.462. The molecule has 192 valence electrons. The lowest BCUT2D eigenvalue weighted by Gasteiger charge is -2.38. The number of aromatic nitrogens is 3. The summed E-state index contributed by atoms with van der Waals surface area (Å²) in [6.45, 7) is 8.17. The minimum Gasteiger partial charge on any atom is -0.482 e. The highest BCUT2D eigenvalue weighted by atomic mass is 35.5. The lowest BCUT2D eigenvalue weighted by Crippen LogP contribution is -2.42. The molecule has 0 bridgehead atoms. The number of nitrogens with two attached hydrogens (primary N) is 1. The Morgan fingerprint density at radius 1 is 1.17 bits per heavy atom. The Morgan fingerprint density at radius 2 is 1.97 bits per heavy atom. The molecule has 7 nitrogen and oxygen atoms in total. The quantitative estimate of drug-likeness (QED) is 0.407. The van der Waals surface area contributed by atoms with Crippen LogP contribution in [0, 0.1) is 11.2 Å². The topological polar surface area (TPSA) is 81.2 Å². The van der Waals surface area contributed by atoms with Gasteiger partial charge in [0.1, 0.15) is 11.9 Å². The molecule has 0 radical (unpaired) electrons. The number of likely N-dealkylation sites (tertiary alicyclic amines) is 1. The van der Waals surface area contributed by atoms with Crippen molar-refractivity contribution in [3.63, 3.8) is 0 Å². The van der Waals surface area contributed by atoms with Crippen LogP contribution in [0.3, 0.4) is 0 Å². The summed E-state index contributed by atoms with van der Waals surface area (Å²) in [4.78, 5) is 6.82. The maximum absolute atomic E-state index is 14.0. The molecule has 2 aromatic heterocycles. The van der Waals surface area contributed by atoms with Gasteiger partial charge < -0.3 is 20.7 Å². The number of benzene rings is 1. The van der Waals surface area contributed by atoms with Crippen molar-refractivity contribution in [2.45, 2.75) is 38.8 Å². The molecule has 0 unspecified atom stereocenters. The zero-order valence-electron chi connectivity index (χ0n) is 20.3. The summed E-state index contributed by atoms with van der Waals surface area (Å²) >= 11 is 12.4. The first kappa shape index (κ1) is 25.3. The Bertz CT molecular complexity index is 1220. The van der Waals surface area contributed by atoms with Crippen molar-refractivity contribution in [2.75, 3.05) is 38.5 Å². The largest absolute Gasteiger partial charge is 0.482 e. The second-order valence-electron chi connectivity index (χ2n) is 9.88. The van der Waals surface area contributed by atoms with Crippen LogP contribution in [0.15, 0.2) is 36.8 Å². The van der Waals surface area contributed by atoms with Crippen LogP contribution < -0.4 is 15.8 Å². The Balaban J connectivity index is 1.23. The fourth-order valence-electron chi connectivity index (χ4n) is 5.22. The smallest absolute Gasteiger partial charge is 0.166 e. The molecule has 4 heterocycles. The first-order valence-corrected chi connectivity index (χ1v) is 13.1. The molecule has 5 rings (SSSR count). The minimum atomic E-state index is -0.633. The maximum Gasteiger partial charge on any atom is 0.166 e. The van der Waals surface area contributed by atoms with E-state index in [-0.39, 0.29) is 10.8 Å².